The number of carbonyl (C=O) groups is 1. The number of nitrogens with one attached hydrogen (secondary N) is 1. The molecule has 4 heteroatoms. The number of carbonyl (C=O) groups excluding carboxylic acids is 1. The first-order valence-electron chi connectivity index (χ1n) is 12.0. The topological polar surface area (TPSA) is 46.9 Å². The van der Waals surface area contributed by atoms with Gasteiger partial charge in [0.2, 0.25) is 0 Å². The van der Waals surface area contributed by atoms with Gasteiger partial charge in [-0.15, -0.1) is 0 Å². The monoisotopic (exact) mass is 419 g/mol. The molecule has 0 unspecified atom stereocenters. The van der Waals surface area contributed by atoms with Gasteiger partial charge >= 0.3 is 0 Å². The Morgan fingerprint density at radius 3 is 2.58 bits per heavy atom. The summed E-state index contributed by atoms with van der Waals surface area (Å²) in [6.45, 7) is 6.05. The van der Waals surface area contributed by atoms with Gasteiger partial charge in [0, 0.05) is 25.1 Å². The van der Waals surface area contributed by atoms with Crippen molar-refractivity contribution < 1.29 is 4.79 Å². The van der Waals surface area contributed by atoms with Crippen LogP contribution in [0.5, 0.6) is 0 Å². The van der Waals surface area contributed by atoms with Gasteiger partial charge < -0.3 is 9.88 Å². The number of hydrogen-bond donors (Lipinski definition) is 1. The quantitative estimate of drug-likeness (QED) is 0.323. The van der Waals surface area contributed by atoms with Crippen LogP contribution in [0.2, 0.25) is 0 Å². The minimum absolute atomic E-state index is 0.0218. The van der Waals surface area contributed by atoms with Crippen LogP contribution in [0.1, 0.15) is 80.0 Å². The Morgan fingerprint density at radius 2 is 1.74 bits per heavy atom. The fourth-order valence-electron chi connectivity index (χ4n) is 4.11. The van der Waals surface area contributed by atoms with Gasteiger partial charge in [-0.25, -0.2) is 4.98 Å². The van der Waals surface area contributed by atoms with Crippen molar-refractivity contribution >= 4 is 16.9 Å². The highest BCUT2D eigenvalue weighted by atomic mass is 16.1. The van der Waals surface area contributed by atoms with Crippen molar-refractivity contribution in [1.82, 2.24) is 14.9 Å². The molecule has 0 spiro atoms. The van der Waals surface area contributed by atoms with E-state index in [1.54, 1.807) is 0 Å². The molecule has 0 aliphatic heterocycles. The van der Waals surface area contributed by atoms with Crippen molar-refractivity contribution in [2.24, 2.45) is 0 Å². The van der Waals surface area contributed by atoms with Gasteiger partial charge in [0.25, 0.3) is 5.91 Å². The van der Waals surface area contributed by atoms with Crippen LogP contribution in [0.15, 0.2) is 48.5 Å². The normalized spacial score (nSPS) is 11.2. The van der Waals surface area contributed by atoms with Crippen molar-refractivity contribution in [3.05, 3.63) is 65.5 Å². The predicted molar refractivity (Wildman–Crippen MR) is 130 cm³/mol. The SMILES string of the molecule is CCCCCCCn1c(CCCCCNC(=O)c2cccc(C)c2)nc2ccccc21. The van der Waals surface area contributed by atoms with Crippen LogP contribution < -0.4 is 5.32 Å². The number of amides is 1. The van der Waals surface area contributed by atoms with E-state index in [1.807, 2.05) is 31.2 Å². The second kappa shape index (κ2) is 12.3. The van der Waals surface area contributed by atoms with Crippen LogP contribution in [0, 0.1) is 6.92 Å². The molecule has 31 heavy (non-hydrogen) atoms. The Hall–Kier alpha value is -2.62. The molecule has 1 N–H and O–H groups in total. The molecule has 2 aromatic carbocycles. The summed E-state index contributed by atoms with van der Waals surface area (Å²) in [6, 6.07) is 16.2. The lowest BCUT2D eigenvalue weighted by molar-refractivity contribution is 0.0953. The summed E-state index contributed by atoms with van der Waals surface area (Å²) < 4.78 is 2.43. The number of unbranched alkanes of at least 4 members (excludes halogenated alkanes) is 6. The average Bonchev–Trinajstić information content (AvgIpc) is 3.13. The maximum absolute atomic E-state index is 12.2. The van der Waals surface area contributed by atoms with E-state index in [9.17, 15) is 4.79 Å². The molecule has 0 bridgehead atoms. The molecule has 3 rings (SSSR count). The van der Waals surface area contributed by atoms with Crippen molar-refractivity contribution in [1.29, 1.82) is 0 Å². The zero-order valence-electron chi connectivity index (χ0n) is 19.2. The van der Waals surface area contributed by atoms with Crippen LogP contribution in [-0.2, 0) is 13.0 Å². The molecule has 1 heterocycles. The summed E-state index contributed by atoms with van der Waals surface area (Å²) in [4.78, 5) is 17.2. The molecule has 0 radical (unpaired) electrons. The molecule has 4 nitrogen and oxygen atoms in total. The number of aryl methyl sites for hydroxylation is 3. The van der Waals surface area contributed by atoms with E-state index < -0.39 is 0 Å². The van der Waals surface area contributed by atoms with Crippen molar-refractivity contribution in [2.75, 3.05) is 6.54 Å². The van der Waals surface area contributed by atoms with Gasteiger partial charge in [0.05, 0.1) is 11.0 Å². The first-order valence-corrected chi connectivity index (χ1v) is 12.0. The number of nitrogens with zero attached hydrogens (tertiary/aromatic N) is 2. The fraction of sp³-hybridized carbons (Fsp3) is 0.481. The average molecular weight is 420 g/mol. The van der Waals surface area contributed by atoms with E-state index in [0.717, 1.165) is 55.4 Å². The second-order valence-electron chi connectivity index (χ2n) is 8.52. The Balaban J connectivity index is 1.44. The largest absolute Gasteiger partial charge is 0.352 e. The highest BCUT2D eigenvalue weighted by Gasteiger charge is 2.10. The number of benzene rings is 2. The van der Waals surface area contributed by atoms with E-state index in [0.29, 0.717) is 0 Å². The number of rotatable bonds is 13. The predicted octanol–water partition coefficient (Wildman–Crippen LogP) is 6.46. The minimum atomic E-state index is 0.0218. The number of imidazole rings is 1. The standard InChI is InChI=1S/C27H37N3O/c1-3-4-5-6-12-20-30-25-17-10-9-16-24(25)29-26(30)18-8-7-11-19-28-27(31)23-15-13-14-22(2)21-23/h9-10,13-17,21H,3-8,11-12,18-20H2,1-2H3,(H,28,31). The van der Waals surface area contributed by atoms with Crippen LogP contribution in [0.25, 0.3) is 11.0 Å². The Morgan fingerprint density at radius 1 is 0.935 bits per heavy atom. The lowest BCUT2D eigenvalue weighted by atomic mass is 10.1. The molecule has 1 amide bonds. The van der Waals surface area contributed by atoms with E-state index >= 15 is 0 Å². The van der Waals surface area contributed by atoms with Gasteiger partial charge in [-0.1, -0.05) is 68.9 Å². The first kappa shape index (κ1) is 23.1. The van der Waals surface area contributed by atoms with E-state index in [1.165, 1.54) is 43.4 Å². The smallest absolute Gasteiger partial charge is 0.251 e. The van der Waals surface area contributed by atoms with Crippen LogP contribution in [-0.4, -0.2) is 22.0 Å². The summed E-state index contributed by atoms with van der Waals surface area (Å²) in [5, 5.41) is 3.04. The van der Waals surface area contributed by atoms with Crippen LogP contribution in [0.4, 0.5) is 0 Å². The molecule has 0 fully saturated rings. The van der Waals surface area contributed by atoms with Crippen LogP contribution in [0.3, 0.4) is 0 Å². The molecule has 1 aromatic heterocycles. The summed E-state index contributed by atoms with van der Waals surface area (Å²) in [6.07, 6.45) is 10.6. The lowest BCUT2D eigenvalue weighted by Crippen LogP contribution is -2.24. The highest BCUT2D eigenvalue weighted by Crippen LogP contribution is 2.19. The van der Waals surface area contributed by atoms with Gasteiger partial charge in [0.1, 0.15) is 5.82 Å². The maximum atomic E-state index is 12.2. The van der Waals surface area contributed by atoms with Crippen molar-refractivity contribution in [3.8, 4) is 0 Å². The number of hydrogen-bond acceptors (Lipinski definition) is 2. The molecule has 0 aliphatic rings. The summed E-state index contributed by atoms with van der Waals surface area (Å²) in [5.74, 6) is 1.23. The molecule has 0 atom stereocenters. The van der Waals surface area contributed by atoms with Crippen molar-refractivity contribution in [3.63, 3.8) is 0 Å². The van der Waals surface area contributed by atoms with Gasteiger partial charge in [-0.05, 0) is 50.5 Å². The van der Waals surface area contributed by atoms with Gasteiger partial charge in [-0.3, -0.25) is 4.79 Å². The molecule has 0 saturated carbocycles. The van der Waals surface area contributed by atoms with Crippen LogP contribution >= 0.6 is 0 Å². The van der Waals surface area contributed by atoms with Gasteiger partial charge in [-0.2, -0.15) is 0 Å². The lowest BCUT2D eigenvalue weighted by Gasteiger charge is -2.10. The fourth-order valence-corrected chi connectivity index (χ4v) is 4.11. The summed E-state index contributed by atoms with van der Waals surface area (Å²) in [5.41, 5.74) is 4.23. The molecular weight excluding hydrogens is 382 g/mol. The zero-order chi connectivity index (χ0) is 21.9. The first-order chi connectivity index (χ1) is 15.2. The molecule has 0 aliphatic carbocycles. The number of fused-ring (bicyclic) bond motifs is 1. The second-order valence-corrected chi connectivity index (χ2v) is 8.52. The van der Waals surface area contributed by atoms with Crippen molar-refractivity contribution in [2.45, 2.75) is 78.2 Å². The number of para-hydroxylation sites is 2. The van der Waals surface area contributed by atoms with Gasteiger partial charge in [0.15, 0.2) is 0 Å². The Labute approximate surface area is 187 Å². The minimum Gasteiger partial charge on any atom is -0.352 e. The third-order valence-corrected chi connectivity index (χ3v) is 5.86. The highest BCUT2D eigenvalue weighted by molar-refractivity contribution is 5.94. The summed E-state index contributed by atoms with van der Waals surface area (Å²) in [7, 11) is 0. The number of aromatic nitrogens is 2. The Kier molecular flexibility index (Phi) is 9.14. The molecule has 3 aromatic rings. The molecular formula is C27H37N3O. The molecule has 0 saturated heterocycles. The Bertz CT molecular complexity index is 960. The third-order valence-electron chi connectivity index (χ3n) is 5.86. The van der Waals surface area contributed by atoms with E-state index in [-0.39, 0.29) is 5.91 Å². The van der Waals surface area contributed by atoms with E-state index in [2.05, 4.69) is 41.1 Å². The zero-order valence-corrected chi connectivity index (χ0v) is 19.2. The maximum Gasteiger partial charge on any atom is 0.251 e. The third kappa shape index (κ3) is 6.95. The molecule has 166 valence electrons. The van der Waals surface area contributed by atoms with E-state index in [4.69, 9.17) is 4.98 Å². The summed E-state index contributed by atoms with van der Waals surface area (Å²) >= 11 is 0.